The van der Waals surface area contributed by atoms with E-state index in [4.69, 9.17) is 4.74 Å². The number of halogens is 1. The summed E-state index contributed by atoms with van der Waals surface area (Å²) in [7, 11) is 1.33. The van der Waals surface area contributed by atoms with Crippen molar-refractivity contribution in [2.75, 3.05) is 34.3 Å². The Bertz CT molecular complexity index is 898. The number of rotatable bonds is 9. The summed E-state index contributed by atoms with van der Waals surface area (Å²) in [6.45, 7) is 3.87. The van der Waals surface area contributed by atoms with Crippen LogP contribution in [-0.4, -0.2) is 53.0 Å². The monoisotopic (exact) mass is 552 g/mol. The second-order valence-corrected chi connectivity index (χ2v) is 9.74. The van der Waals surface area contributed by atoms with Crippen LogP contribution in [0.5, 0.6) is 5.75 Å². The molecule has 1 aromatic heterocycles. The fraction of sp³-hybridized carbons (Fsp3) is 0.421. The van der Waals surface area contributed by atoms with Crippen LogP contribution in [0, 0.1) is 0 Å². The smallest absolute Gasteiger partial charge is 0.252 e. The van der Waals surface area contributed by atoms with E-state index in [1.165, 1.54) is 29.7 Å². The number of hydrogen-bond donors (Lipinski definition) is 2. The topological polar surface area (TPSA) is 83.0 Å². The van der Waals surface area contributed by atoms with Crippen LogP contribution >= 0.6 is 35.3 Å². The zero-order valence-corrected chi connectivity index (χ0v) is 21.1. The van der Waals surface area contributed by atoms with E-state index in [2.05, 4.69) is 15.6 Å². The lowest BCUT2D eigenvalue weighted by Crippen LogP contribution is -2.38. The molecule has 29 heavy (non-hydrogen) atoms. The van der Waals surface area contributed by atoms with Crippen molar-refractivity contribution in [1.82, 2.24) is 14.9 Å². The zero-order chi connectivity index (χ0) is 20.6. The highest BCUT2D eigenvalue weighted by Crippen LogP contribution is 2.24. The van der Waals surface area contributed by atoms with Crippen LogP contribution < -0.4 is 15.4 Å². The summed E-state index contributed by atoms with van der Waals surface area (Å²) in [5.74, 6) is 1.57. The molecule has 0 aliphatic heterocycles. The second-order valence-electron chi connectivity index (χ2n) is 6.19. The maximum atomic E-state index is 12.2. The number of nitrogens with zero attached hydrogens (tertiary/aromatic N) is 2. The maximum Gasteiger partial charge on any atom is 0.252 e. The van der Waals surface area contributed by atoms with Gasteiger partial charge in [0.25, 0.3) is 10.0 Å². The third-order valence-corrected chi connectivity index (χ3v) is 7.34. The van der Waals surface area contributed by atoms with Crippen LogP contribution in [0.1, 0.15) is 17.4 Å². The fourth-order valence-electron chi connectivity index (χ4n) is 2.49. The Labute approximate surface area is 194 Å². The Kier molecular flexibility index (Phi) is 10.9. The van der Waals surface area contributed by atoms with Gasteiger partial charge in [-0.25, -0.2) is 17.7 Å². The van der Waals surface area contributed by atoms with E-state index >= 15 is 0 Å². The minimum absolute atomic E-state index is 0. The molecule has 10 heteroatoms. The number of benzene rings is 1. The Morgan fingerprint density at radius 2 is 1.90 bits per heavy atom. The van der Waals surface area contributed by atoms with Crippen molar-refractivity contribution in [1.29, 1.82) is 0 Å². The highest BCUT2D eigenvalue weighted by atomic mass is 127. The van der Waals surface area contributed by atoms with Crippen LogP contribution in [-0.2, 0) is 23.0 Å². The summed E-state index contributed by atoms with van der Waals surface area (Å²) in [6, 6.07) is 11.4. The van der Waals surface area contributed by atoms with E-state index < -0.39 is 10.0 Å². The van der Waals surface area contributed by atoms with Gasteiger partial charge in [-0.1, -0.05) is 18.2 Å². The standard InChI is InChI=1S/C19H28N4O3S2.HI/c1-5-20-19(21-13-12-15-8-6-7-9-17(15)26-4)22-14-16-10-11-18(27-16)28(24,25)23(2)3;/h6-11H,5,12-14H2,1-4H3,(H2,20,21,22);1H. The molecule has 7 nitrogen and oxygen atoms in total. The first-order valence-corrected chi connectivity index (χ1v) is 11.3. The van der Waals surface area contributed by atoms with Gasteiger partial charge in [-0.05, 0) is 37.1 Å². The predicted octanol–water partition coefficient (Wildman–Crippen LogP) is 2.92. The van der Waals surface area contributed by atoms with E-state index in [9.17, 15) is 8.42 Å². The summed E-state index contributed by atoms with van der Waals surface area (Å²) in [6.07, 6.45) is 0.804. The molecule has 1 heterocycles. The predicted molar refractivity (Wildman–Crippen MR) is 130 cm³/mol. The lowest BCUT2D eigenvalue weighted by Gasteiger charge is -2.12. The van der Waals surface area contributed by atoms with Gasteiger partial charge in [0, 0.05) is 32.1 Å². The van der Waals surface area contributed by atoms with Gasteiger partial charge in [0.05, 0.1) is 13.7 Å². The number of ether oxygens (including phenoxy) is 1. The van der Waals surface area contributed by atoms with Crippen molar-refractivity contribution in [3.8, 4) is 5.75 Å². The molecule has 0 spiro atoms. The first-order chi connectivity index (χ1) is 13.4. The fourth-order valence-corrected chi connectivity index (χ4v) is 4.93. The molecule has 0 amide bonds. The number of para-hydroxylation sites is 1. The molecule has 0 radical (unpaired) electrons. The largest absolute Gasteiger partial charge is 0.496 e. The lowest BCUT2D eigenvalue weighted by atomic mass is 10.1. The van der Waals surface area contributed by atoms with Crippen LogP contribution in [0.4, 0.5) is 0 Å². The number of hydrogen-bond acceptors (Lipinski definition) is 5. The minimum atomic E-state index is -3.40. The molecule has 1 aromatic carbocycles. The first kappa shape index (κ1) is 25.7. The molecule has 0 saturated carbocycles. The molecule has 0 aliphatic rings. The normalized spacial score (nSPS) is 11.8. The SMILES string of the molecule is CCNC(=NCc1ccc(S(=O)(=O)N(C)C)s1)NCCc1ccccc1OC.I. The van der Waals surface area contributed by atoms with Crippen molar-refractivity contribution >= 4 is 51.3 Å². The molecular weight excluding hydrogens is 523 g/mol. The number of nitrogens with one attached hydrogen (secondary N) is 2. The van der Waals surface area contributed by atoms with Crippen molar-refractivity contribution < 1.29 is 13.2 Å². The van der Waals surface area contributed by atoms with Gasteiger partial charge in [-0.2, -0.15) is 0 Å². The number of aliphatic imine (C=N–C) groups is 1. The van der Waals surface area contributed by atoms with Crippen LogP contribution in [0.2, 0.25) is 0 Å². The number of thiophene rings is 1. The Morgan fingerprint density at radius 1 is 1.17 bits per heavy atom. The van der Waals surface area contributed by atoms with Gasteiger partial charge in [-0.3, -0.25) is 0 Å². The zero-order valence-electron chi connectivity index (χ0n) is 17.1. The quantitative estimate of drug-likeness (QED) is 0.284. The minimum Gasteiger partial charge on any atom is -0.496 e. The molecule has 2 N–H and O–H groups in total. The average Bonchev–Trinajstić information content (AvgIpc) is 3.16. The van der Waals surface area contributed by atoms with Crippen LogP contribution in [0.3, 0.4) is 0 Å². The summed E-state index contributed by atoms with van der Waals surface area (Å²) in [5.41, 5.74) is 1.13. The van der Waals surface area contributed by atoms with Crippen LogP contribution in [0.25, 0.3) is 0 Å². The van der Waals surface area contributed by atoms with Gasteiger partial charge >= 0.3 is 0 Å². The van der Waals surface area contributed by atoms with E-state index in [0.29, 0.717) is 23.3 Å². The molecule has 0 aliphatic carbocycles. The highest BCUT2D eigenvalue weighted by Gasteiger charge is 2.19. The number of guanidine groups is 1. The molecular formula is C19H29IN4O3S2. The molecule has 0 atom stereocenters. The number of methoxy groups -OCH3 is 1. The molecule has 0 fully saturated rings. The summed E-state index contributed by atoms with van der Waals surface area (Å²) in [4.78, 5) is 5.45. The third-order valence-electron chi connectivity index (χ3n) is 3.99. The third kappa shape index (κ3) is 7.43. The van der Waals surface area contributed by atoms with Gasteiger partial charge < -0.3 is 15.4 Å². The van der Waals surface area contributed by atoms with Gasteiger partial charge in [0.1, 0.15) is 9.96 Å². The highest BCUT2D eigenvalue weighted by molar-refractivity contribution is 14.0. The lowest BCUT2D eigenvalue weighted by molar-refractivity contribution is 0.409. The van der Waals surface area contributed by atoms with E-state index in [1.807, 2.05) is 37.3 Å². The molecule has 0 saturated heterocycles. The maximum absolute atomic E-state index is 12.2. The number of sulfonamides is 1. The van der Waals surface area contributed by atoms with Crippen molar-refractivity contribution in [3.05, 3.63) is 46.8 Å². The van der Waals surface area contributed by atoms with Gasteiger partial charge in [-0.15, -0.1) is 35.3 Å². The van der Waals surface area contributed by atoms with Crippen molar-refractivity contribution in [2.45, 2.75) is 24.1 Å². The van der Waals surface area contributed by atoms with Crippen molar-refractivity contribution in [3.63, 3.8) is 0 Å². The van der Waals surface area contributed by atoms with E-state index in [-0.39, 0.29) is 24.0 Å². The van der Waals surface area contributed by atoms with Gasteiger partial charge in [0.2, 0.25) is 0 Å². The first-order valence-electron chi connectivity index (χ1n) is 9.03. The van der Waals surface area contributed by atoms with Crippen molar-refractivity contribution in [2.24, 2.45) is 4.99 Å². The second kappa shape index (κ2) is 12.4. The Hall–Kier alpha value is -1.37. The molecule has 162 valence electrons. The van der Waals surface area contributed by atoms with Crippen LogP contribution in [0.15, 0.2) is 45.6 Å². The molecule has 0 bridgehead atoms. The Morgan fingerprint density at radius 3 is 2.55 bits per heavy atom. The average molecular weight is 553 g/mol. The molecule has 0 unspecified atom stereocenters. The summed E-state index contributed by atoms with van der Waals surface area (Å²) in [5, 5.41) is 6.52. The van der Waals surface area contributed by atoms with E-state index in [1.54, 1.807) is 13.2 Å². The molecule has 2 aromatic rings. The summed E-state index contributed by atoms with van der Waals surface area (Å²) < 4.78 is 31.3. The Balaban J connectivity index is 0.00000420. The summed E-state index contributed by atoms with van der Waals surface area (Å²) >= 11 is 1.25. The van der Waals surface area contributed by atoms with Gasteiger partial charge in [0.15, 0.2) is 5.96 Å². The van der Waals surface area contributed by atoms with E-state index in [0.717, 1.165) is 29.2 Å². The molecule has 2 rings (SSSR count).